The highest BCUT2D eigenvalue weighted by atomic mass is 16.5. The predicted molar refractivity (Wildman–Crippen MR) is 155 cm³/mol. The Morgan fingerprint density at radius 2 is 1.80 bits per heavy atom. The van der Waals surface area contributed by atoms with Crippen LogP contribution >= 0.6 is 0 Å². The van der Waals surface area contributed by atoms with Crippen LogP contribution in [0.2, 0.25) is 0 Å². The molecule has 2 aliphatic rings. The summed E-state index contributed by atoms with van der Waals surface area (Å²) in [5, 5.41) is 14.1. The molecule has 1 aromatic carbocycles. The SMILES string of the molecule is N#Cc1cnn2cc(OCCN3CCOCC3)cc(-c3ccc(N4CCN(C(=O)Cc5ccccc5)CC4)nc3)c12. The Bertz CT molecular complexity index is 1520. The number of benzene rings is 1. The highest BCUT2D eigenvalue weighted by molar-refractivity contribution is 5.85. The first kappa shape index (κ1) is 26.7. The fraction of sp³-hybridized carbons (Fsp3) is 0.355. The molecule has 2 fully saturated rings. The van der Waals surface area contributed by atoms with Gasteiger partial charge in [-0.3, -0.25) is 9.69 Å². The Morgan fingerprint density at radius 3 is 2.54 bits per heavy atom. The first-order valence-electron chi connectivity index (χ1n) is 14.1. The van der Waals surface area contributed by atoms with Crippen molar-refractivity contribution in [3.8, 4) is 22.9 Å². The maximum Gasteiger partial charge on any atom is 0.227 e. The zero-order chi connectivity index (χ0) is 28.0. The molecule has 0 aliphatic carbocycles. The number of carbonyl (C=O) groups excluding carboxylic acids is 1. The fourth-order valence-electron chi connectivity index (χ4n) is 5.39. The van der Waals surface area contributed by atoms with Crippen molar-refractivity contribution in [2.45, 2.75) is 6.42 Å². The number of aromatic nitrogens is 3. The summed E-state index contributed by atoms with van der Waals surface area (Å²) in [6.45, 7) is 7.49. The summed E-state index contributed by atoms with van der Waals surface area (Å²) in [7, 11) is 0. The molecule has 6 rings (SSSR count). The van der Waals surface area contributed by atoms with Crippen LogP contribution in [0.5, 0.6) is 5.75 Å². The number of piperazine rings is 1. The number of ether oxygens (including phenoxy) is 2. The Labute approximate surface area is 239 Å². The quantitative estimate of drug-likeness (QED) is 0.330. The number of fused-ring (bicyclic) bond motifs is 1. The third-order valence-electron chi connectivity index (χ3n) is 7.70. The van der Waals surface area contributed by atoms with Crippen molar-refractivity contribution in [3.05, 3.63) is 78.2 Å². The van der Waals surface area contributed by atoms with Crippen molar-refractivity contribution in [1.82, 2.24) is 24.4 Å². The van der Waals surface area contributed by atoms with Gasteiger partial charge in [0.1, 0.15) is 24.2 Å². The van der Waals surface area contributed by atoms with Crippen LogP contribution in [0, 0.1) is 11.3 Å². The van der Waals surface area contributed by atoms with E-state index in [1.54, 1.807) is 10.7 Å². The molecule has 0 radical (unpaired) electrons. The van der Waals surface area contributed by atoms with Gasteiger partial charge in [0.15, 0.2) is 0 Å². The third-order valence-corrected chi connectivity index (χ3v) is 7.70. The van der Waals surface area contributed by atoms with Gasteiger partial charge in [-0.2, -0.15) is 10.4 Å². The van der Waals surface area contributed by atoms with Crippen LogP contribution in [-0.2, 0) is 16.0 Å². The van der Waals surface area contributed by atoms with E-state index in [1.165, 1.54) is 0 Å². The average molecular weight is 552 g/mol. The highest BCUT2D eigenvalue weighted by Crippen LogP contribution is 2.31. The summed E-state index contributed by atoms with van der Waals surface area (Å²) in [6, 6.07) is 18.1. The minimum atomic E-state index is 0.157. The minimum Gasteiger partial charge on any atom is -0.491 e. The zero-order valence-electron chi connectivity index (χ0n) is 23.0. The maximum absolute atomic E-state index is 12.8. The highest BCUT2D eigenvalue weighted by Gasteiger charge is 2.22. The van der Waals surface area contributed by atoms with E-state index in [9.17, 15) is 10.1 Å². The molecule has 10 nitrogen and oxygen atoms in total. The van der Waals surface area contributed by atoms with Gasteiger partial charge in [0, 0.05) is 63.1 Å². The van der Waals surface area contributed by atoms with Gasteiger partial charge in [-0.25, -0.2) is 9.50 Å². The molecule has 0 atom stereocenters. The van der Waals surface area contributed by atoms with Crippen molar-refractivity contribution in [1.29, 1.82) is 5.26 Å². The molecule has 2 aliphatic heterocycles. The second-order valence-electron chi connectivity index (χ2n) is 10.3. The van der Waals surface area contributed by atoms with E-state index in [2.05, 4.69) is 21.0 Å². The van der Waals surface area contributed by atoms with E-state index in [4.69, 9.17) is 14.5 Å². The Kier molecular flexibility index (Phi) is 8.07. The number of nitrogens with zero attached hydrogens (tertiary/aromatic N) is 7. The number of amides is 1. The normalized spacial score (nSPS) is 16.1. The lowest BCUT2D eigenvalue weighted by Gasteiger charge is -2.35. The molecule has 0 saturated carbocycles. The topological polar surface area (TPSA) is 99.2 Å². The van der Waals surface area contributed by atoms with Gasteiger partial charge in [0.2, 0.25) is 5.91 Å². The largest absolute Gasteiger partial charge is 0.491 e. The molecule has 2 saturated heterocycles. The van der Waals surface area contributed by atoms with Crippen molar-refractivity contribution in [2.24, 2.45) is 0 Å². The van der Waals surface area contributed by atoms with E-state index in [0.29, 0.717) is 37.4 Å². The lowest BCUT2D eigenvalue weighted by molar-refractivity contribution is -0.130. The zero-order valence-corrected chi connectivity index (χ0v) is 23.0. The van der Waals surface area contributed by atoms with Crippen LogP contribution in [0.4, 0.5) is 5.82 Å². The number of hydrogen-bond donors (Lipinski definition) is 0. The van der Waals surface area contributed by atoms with E-state index in [-0.39, 0.29) is 5.91 Å². The number of morpholine rings is 1. The number of nitriles is 1. The number of carbonyl (C=O) groups is 1. The first-order valence-corrected chi connectivity index (χ1v) is 14.1. The number of hydrogen-bond acceptors (Lipinski definition) is 8. The molecule has 5 heterocycles. The van der Waals surface area contributed by atoms with Crippen LogP contribution in [0.1, 0.15) is 11.1 Å². The van der Waals surface area contributed by atoms with Gasteiger partial charge in [-0.15, -0.1) is 0 Å². The van der Waals surface area contributed by atoms with Gasteiger partial charge in [-0.1, -0.05) is 30.3 Å². The predicted octanol–water partition coefficient (Wildman–Crippen LogP) is 2.87. The van der Waals surface area contributed by atoms with Gasteiger partial charge in [-0.05, 0) is 23.8 Å². The van der Waals surface area contributed by atoms with Crippen LogP contribution in [0.15, 0.2) is 67.1 Å². The number of pyridine rings is 2. The molecular formula is C31H33N7O3. The first-order chi connectivity index (χ1) is 20.2. The summed E-state index contributed by atoms with van der Waals surface area (Å²) in [4.78, 5) is 24.0. The van der Waals surface area contributed by atoms with Crippen LogP contribution < -0.4 is 9.64 Å². The molecular weight excluding hydrogens is 518 g/mol. The van der Waals surface area contributed by atoms with Crippen LogP contribution in [-0.4, -0.2) is 95.9 Å². The summed E-state index contributed by atoms with van der Waals surface area (Å²) < 4.78 is 13.3. The van der Waals surface area contributed by atoms with Gasteiger partial charge in [0.25, 0.3) is 0 Å². The lowest BCUT2D eigenvalue weighted by atomic mass is 10.1. The fourth-order valence-corrected chi connectivity index (χ4v) is 5.39. The van der Waals surface area contributed by atoms with Gasteiger partial charge in [0.05, 0.1) is 43.1 Å². The molecule has 210 valence electrons. The standard InChI is InChI=1S/C31H33N7O3/c32-20-26-22-34-38-23-27(41-17-14-35-12-15-40-16-13-35)19-28(31(26)38)25-6-7-29(33-21-25)36-8-10-37(11-9-36)30(39)18-24-4-2-1-3-5-24/h1-7,19,21-23H,8-18H2. The summed E-state index contributed by atoms with van der Waals surface area (Å²) in [6.07, 6.45) is 5.66. The second-order valence-corrected chi connectivity index (χ2v) is 10.3. The van der Waals surface area contributed by atoms with Crippen molar-refractivity contribution in [2.75, 3.05) is 70.5 Å². The summed E-state index contributed by atoms with van der Waals surface area (Å²) in [5.41, 5.74) is 3.99. The van der Waals surface area contributed by atoms with Gasteiger partial charge >= 0.3 is 0 Å². The van der Waals surface area contributed by atoms with Crippen molar-refractivity contribution >= 4 is 17.2 Å². The van der Waals surface area contributed by atoms with E-state index in [0.717, 1.165) is 74.0 Å². The van der Waals surface area contributed by atoms with E-state index in [1.807, 2.05) is 65.8 Å². The smallest absolute Gasteiger partial charge is 0.227 e. The average Bonchev–Trinajstić information content (AvgIpc) is 3.45. The Hall–Kier alpha value is -4.46. The summed E-state index contributed by atoms with van der Waals surface area (Å²) >= 11 is 0. The molecule has 0 spiro atoms. The van der Waals surface area contributed by atoms with E-state index < -0.39 is 0 Å². The molecule has 1 amide bonds. The van der Waals surface area contributed by atoms with Gasteiger partial charge < -0.3 is 19.3 Å². The molecule has 41 heavy (non-hydrogen) atoms. The second kappa shape index (κ2) is 12.4. The third kappa shape index (κ3) is 6.16. The lowest BCUT2D eigenvalue weighted by Crippen LogP contribution is -2.49. The number of anilines is 1. The molecule has 4 aromatic rings. The monoisotopic (exact) mass is 551 g/mol. The summed E-state index contributed by atoms with van der Waals surface area (Å²) in [5.74, 6) is 1.71. The number of rotatable bonds is 8. The Morgan fingerprint density at radius 1 is 1.00 bits per heavy atom. The molecule has 0 unspecified atom stereocenters. The molecule has 0 bridgehead atoms. The Balaban J connectivity index is 1.13. The molecule has 10 heteroatoms. The van der Waals surface area contributed by atoms with Crippen LogP contribution in [0.25, 0.3) is 16.6 Å². The minimum absolute atomic E-state index is 0.157. The van der Waals surface area contributed by atoms with E-state index >= 15 is 0 Å². The van der Waals surface area contributed by atoms with Crippen LogP contribution in [0.3, 0.4) is 0 Å². The molecule has 0 N–H and O–H groups in total. The van der Waals surface area contributed by atoms with Crippen molar-refractivity contribution < 1.29 is 14.3 Å². The molecule has 3 aromatic heterocycles. The van der Waals surface area contributed by atoms with Crippen molar-refractivity contribution in [3.63, 3.8) is 0 Å². The maximum atomic E-state index is 12.8.